The van der Waals surface area contributed by atoms with Crippen molar-refractivity contribution in [3.8, 4) is 0 Å². The first-order valence-corrected chi connectivity index (χ1v) is 25.5. The number of esters is 2. The van der Waals surface area contributed by atoms with Crippen molar-refractivity contribution < 1.29 is 81.7 Å². The molecule has 0 amide bonds. The zero-order valence-corrected chi connectivity index (χ0v) is 37.9. The molecule has 0 spiro atoms. The van der Waals surface area contributed by atoms with Crippen LogP contribution in [0.3, 0.4) is 0 Å². The van der Waals surface area contributed by atoms with E-state index in [1.165, 1.54) is 51.4 Å². The van der Waals surface area contributed by atoms with Crippen LogP contribution in [0.5, 0.6) is 0 Å². The highest BCUT2D eigenvalue weighted by Gasteiger charge is 2.54. The predicted octanol–water partition coefficient (Wildman–Crippen LogP) is 7.02. The molecule has 0 radical (unpaired) electrons. The van der Waals surface area contributed by atoms with E-state index >= 15 is 0 Å². The number of phosphoric ester groups is 2. The quantitative estimate of drug-likeness (QED) is 0.0186. The average Bonchev–Trinajstić information content (AvgIpc) is 3.18. The molecule has 60 heavy (non-hydrogen) atoms. The summed E-state index contributed by atoms with van der Waals surface area (Å²) >= 11 is 0. The van der Waals surface area contributed by atoms with Crippen molar-refractivity contribution in [2.24, 2.45) is 0 Å². The predicted molar refractivity (Wildman–Crippen MR) is 223 cm³/mol. The van der Waals surface area contributed by atoms with Crippen LogP contribution in [0.15, 0.2) is 0 Å². The van der Waals surface area contributed by atoms with Crippen LogP contribution in [-0.4, -0.2) is 109 Å². The zero-order valence-electron chi connectivity index (χ0n) is 36.2. The van der Waals surface area contributed by atoms with Crippen LogP contribution in [-0.2, 0) is 46.6 Å². The highest BCUT2D eigenvalue weighted by Crippen LogP contribution is 2.49. The van der Waals surface area contributed by atoms with Crippen molar-refractivity contribution in [1.29, 1.82) is 0 Å². The fourth-order valence-corrected chi connectivity index (χ4v) is 8.65. The molecule has 0 aromatic carbocycles. The lowest BCUT2D eigenvalue weighted by molar-refractivity contribution is -0.216. The van der Waals surface area contributed by atoms with Gasteiger partial charge in [0, 0.05) is 19.3 Å². The van der Waals surface area contributed by atoms with Gasteiger partial charge in [-0.15, -0.1) is 0 Å². The Labute approximate surface area is 357 Å². The standard InChI is InChI=1S/C41H78O17P2/c1-3-5-6-7-8-9-10-11-12-15-18-21-24-28-34(43)56-33(30-35(44)54-29-25-22-19-16-13-14-17-20-23-27-32(42)26-4-2)31-55-60(52,53)58-41-38(47)36(45)37(46)40(39(41)48)57-59(49,50)51/h33,36-41,45-48H,3-31H2,1-2H3,(H,52,53)(H2,49,50,51)/t33-,36+,37?,38+,39?,40-,41?/m1/s1. The van der Waals surface area contributed by atoms with Gasteiger partial charge < -0.3 is 44.6 Å². The van der Waals surface area contributed by atoms with Gasteiger partial charge in [-0.05, 0) is 25.7 Å². The van der Waals surface area contributed by atoms with Gasteiger partial charge in [0.25, 0.3) is 0 Å². The van der Waals surface area contributed by atoms with E-state index in [4.69, 9.17) is 28.3 Å². The summed E-state index contributed by atoms with van der Waals surface area (Å²) in [7, 11) is -10.7. The Kier molecular flexibility index (Phi) is 31.4. The van der Waals surface area contributed by atoms with Gasteiger partial charge in [0.1, 0.15) is 48.5 Å². The van der Waals surface area contributed by atoms with E-state index in [9.17, 15) is 48.8 Å². The molecule has 0 bridgehead atoms. The number of ether oxygens (including phenoxy) is 2. The van der Waals surface area contributed by atoms with Crippen molar-refractivity contribution in [3.63, 3.8) is 0 Å². The number of ketones is 1. The molecule has 1 fully saturated rings. The van der Waals surface area contributed by atoms with Crippen LogP contribution in [0, 0.1) is 0 Å². The van der Waals surface area contributed by atoms with E-state index in [1.54, 1.807) is 0 Å². The maximum atomic E-state index is 13.0. The van der Waals surface area contributed by atoms with Crippen molar-refractivity contribution in [2.75, 3.05) is 13.2 Å². The third kappa shape index (κ3) is 27.7. The van der Waals surface area contributed by atoms with Crippen LogP contribution in [0.4, 0.5) is 0 Å². The molecule has 0 heterocycles. The minimum atomic E-state index is -5.37. The molecule has 17 nitrogen and oxygen atoms in total. The number of unbranched alkanes of at least 4 members (excludes halogenated alkanes) is 20. The maximum absolute atomic E-state index is 13.0. The van der Waals surface area contributed by atoms with Gasteiger partial charge in [-0.3, -0.25) is 28.0 Å². The Morgan fingerprint density at radius 2 is 0.967 bits per heavy atom. The largest absolute Gasteiger partial charge is 0.472 e. The van der Waals surface area contributed by atoms with Crippen LogP contribution in [0.25, 0.3) is 0 Å². The summed E-state index contributed by atoms with van der Waals surface area (Å²) in [6.07, 6.45) is 9.97. The van der Waals surface area contributed by atoms with Crippen molar-refractivity contribution in [2.45, 2.75) is 230 Å². The Morgan fingerprint density at radius 1 is 0.517 bits per heavy atom. The van der Waals surface area contributed by atoms with Crippen molar-refractivity contribution in [3.05, 3.63) is 0 Å². The minimum absolute atomic E-state index is 0.0247. The lowest BCUT2D eigenvalue weighted by atomic mass is 9.85. The van der Waals surface area contributed by atoms with Crippen LogP contribution in [0.1, 0.15) is 187 Å². The van der Waals surface area contributed by atoms with Crippen molar-refractivity contribution >= 4 is 33.4 Å². The fraction of sp³-hybridized carbons (Fsp3) is 0.927. The summed E-state index contributed by atoms with van der Waals surface area (Å²) < 4.78 is 49.2. The molecule has 1 saturated carbocycles. The Hall–Kier alpha value is -1.33. The molecule has 0 aromatic heterocycles. The number of hydrogen-bond donors (Lipinski definition) is 7. The molecule has 19 heteroatoms. The number of Topliss-reactive ketones (excluding diaryl/α,β-unsaturated/α-hetero) is 1. The summed E-state index contributed by atoms with van der Waals surface area (Å²) in [5, 5.41) is 41.1. The Morgan fingerprint density at radius 3 is 1.45 bits per heavy atom. The van der Waals surface area contributed by atoms with E-state index in [2.05, 4.69) is 11.4 Å². The zero-order chi connectivity index (χ0) is 44.8. The van der Waals surface area contributed by atoms with Gasteiger partial charge in [0.15, 0.2) is 0 Å². The molecular weight excluding hydrogens is 826 g/mol. The van der Waals surface area contributed by atoms with Gasteiger partial charge in [-0.2, -0.15) is 0 Å². The number of carbonyl (C=O) groups is 3. The molecule has 0 aromatic rings. The number of aliphatic hydroxyl groups is 4. The average molecular weight is 905 g/mol. The lowest BCUT2D eigenvalue weighted by Gasteiger charge is -2.43. The van der Waals surface area contributed by atoms with Crippen LogP contribution >= 0.6 is 15.6 Å². The monoisotopic (exact) mass is 904 g/mol. The van der Waals surface area contributed by atoms with Gasteiger partial charge in [-0.25, -0.2) is 9.13 Å². The maximum Gasteiger partial charge on any atom is 0.472 e. The summed E-state index contributed by atoms with van der Waals surface area (Å²) in [6, 6.07) is 0. The molecule has 354 valence electrons. The lowest BCUT2D eigenvalue weighted by Crippen LogP contribution is -2.64. The fourth-order valence-electron chi connectivity index (χ4n) is 7.11. The number of hydrogen-bond acceptors (Lipinski definition) is 14. The first-order valence-electron chi connectivity index (χ1n) is 22.5. The van der Waals surface area contributed by atoms with Gasteiger partial charge in [-0.1, -0.05) is 136 Å². The van der Waals surface area contributed by atoms with Gasteiger partial charge in [0.2, 0.25) is 0 Å². The SMILES string of the molecule is CCCCCCCCCCCCCCCC(=O)O[C@@H](COP(=O)(O)OC1C(O)[C@H](OP(=O)(O)O)C(O)[C@H](O)[C@@H]1O)CC(=O)OCCCCCCCCCCCC(=O)CCC. The summed E-state index contributed by atoms with van der Waals surface area (Å²) in [5.74, 6) is -1.09. The van der Waals surface area contributed by atoms with Crippen LogP contribution in [0.2, 0.25) is 0 Å². The normalized spacial score (nSPS) is 22.3. The second kappa shape index (κ2) is 33.2. The minimum Gasteiger partial charge on any atom is -0.466 e. The Bertz CT molecular complexity index is 1250. The van der Waals surface area contributed by atoms with Gasteiger partial charge >= 0.3 is 27.6 Å². The molecule has 0 saturated heterocycles. The van der Waals surface area contributed by atoms with Crippen molar-refractivity contribution in [1.82, 2.24) is 0 Å². The Balaban J connectivity index is 2.62. The first-order chi connectivity index (χ1) is 28.5. The first kappa shape index (κ1) is 56.7. The number of carbonyl (C=O) groups excluding carboxylic acids is 3. The summed E-state index contributed by atoms with van der Waals surface area (Å²) in [5.41, 5.74) is 0. The number of phosphoric acid groups is 2. The second-order valence-corrected chi connectivity index (χ2v) is 18.7. The molecule has 8 atom stereocenters. The molecule has 0 aliphatic heterocycles. The third-order valence-electron chi connectivity index (χ3n) is 10.6. The van der Waals surface area contributed by atoms with Gasteiger partial charge in [0.05, 0.1) is 19.6 Å². The van der Waals surface area contributed by atoms with E-state index in [0.717, 1.165) is 83.5 Å². The molecule has 4 unspecified atom stereocenters. The molecule has 1 rings (SSSR count). The summed E-state index contributed by atoms with van der Waals surface area (Å²) in [4.78, 5) is 65.9. The van der Waals surface area contributed by atoms with E-state index in [-0.39, 0.29) is 13.0 Å². The molecular formula is C41H78O17P2. The van der Waals surface area contributed by atoms with E-state index in [1.807, 2.05) is 6.92 Å². The van der Waals surface area contributed by atoms with Crippen LogP contribution < -0.4 is 0 Å². The van der Waals surface area contributed by atoms with E-state index < -0.39 is 83.3 Å². The van der Waals surface area contributed by atoms with E-state index in [0.29, 0.717) is 31.5 Å². The topological polar surface area (TPSA) is 273 Å². The molecule has 1 aliphatic carbocycles. The molecule has 1 aliphatic rings. The molecule has 7 N–H and O–H groups in total. The highest BCUT2D eigenvalue weighted by molar-refractivity contribution is 7.47. The second-order valence-electron chi connectivity index (χ2n) is 16.1. The smallest absolute Gasteiger partial charge is 0.466 e. The summed E-state index contributed by atoms with van der Waals surface area (Å²) in [6.45, 7) is 3.46. The highest BCUT2D eigenvalue weighted by atomic mass is 31.2. The third-order valence-corrected chi connectivity index (χ3v) is 12.1. The number of rotatable bonds is 38. The number of aliphatic hydroxyl groups excluding tert-OH is 4.